The summed E-state index contributed by atoms with van der Waals surface area (Å²) in [5.41, 5.74) is 20.5. The average molecular weight is 824 g/mol. The van der Waals surface area contributed by atoms with Crippen LogP contribution in [0, 0.1) is 0 Å². The molecule has 0 bridgehead atoms. The molecule has 0 unspecified atom stereocenters. The van der Waals surface area contributed by atoms with Crippen molar-refractivity contribution in [2.75, 3.05) is 4.90 Å². The van der Waals surface area contributed by atoms with Crippen molar-refractivity contribution < 1.29 is 13.3 Å². The number of hydrogen-bond acceptors (Lipinski definition) is 4. The zero-order valence-corrected chi connectivity index (χ0v) is 35.9. The number of hydrogen-bond donors (Lipinski definition) is 0. The number of benzene rings is 9. The highest BCUT2D eigenvalue weighted by Gasteiger charge is 2.38. The molecule has 0 aliphatic heterocycles. The summed E-state index contributed by atoms with van der Waals surface area (Å²) in [5.74, 6) is 0. The van der Waals surface area contributed by atoms with Gasteiger partial charge in [-0.05, 0) is 105 Å². The van der Waals surface area contributed by atoms with Crippen LogP contribution in [0.15, 0.2) is 189 Å². The Morgan fingerprint density at radius 3 is 1.52 bits per heavy atom. The molecule has 3 aromatic heterocycles. The maximum Gasteiger partial charge on any atom is 0.144 e. The molecule has 0 fully saturated rings. The first-order chi connectivity index (χ1) is 31.2. The number of furan rings is 3. The lowest BCUT2D eigenvalue weighted by Crippen LogP contribution is -2.18. The lowest BCUT2D eigenvalue weighted by atomic mass is 9.82. The molecule has 0 spiro atoms. The molecular weight excluding hydrogens is 783 g/mol. The van der Waals surface area contributed by atoms with Crippen molar-refractivity contribution in [3.8, 4) is 33.4 Å². The van der Waals surface area contributed by atoms with E-state index in [0.29, 0.717) is 0 Å². The van der Waals surface area contributed by atoms with E-state index >= 15 is 0 Å². The van der Waals surface area contributed by atoms with Gasteiger partial charge in [-0.2, -0.15) is 0 Å². The van der Waals surface area contributed by atoms with E-state index in [1.165, 1.54) is 44.5 Å². The fourth-order valence-electron chi connectivity index (χ4n) is 11.6. The Morgan fingerprint density at radius 1 is 0.328 bits per heavy atom. The molecule has 12 aromatic rings. The second kappa shape index (κ2) is 12.4. The van der Waals surface area contributed by atoms with Gasteiger partial charge in [-0.1, -0.05) is 143 Å². The molecule has 9 aromatic carbocycles. The Kier molecular flexibility index (Phi) is 6.94. The topological polar surface area (TPSA) is 42.7 Å². The smallest absolute Gasteiger partial charge is 0.144 e. The van der Waals surface area contributed by atoms with Gasteiger partial charge in [0.25, 0.3) is 0 Å². The monoisotopic (exact) mass is 823 g/mol. The fourth-order valence-corrected chi connectivity index (χ4v) is 11.6. The van der Waals surface area contributed by atoms with Crippen LogP contribution in [0.5, 0.6) is 0 Å². The van der Waals surface area contributed by atoms with Crippen molar-refractivity contribution >= 4 is 82.9 Å². The minimum atomic E-state index is -0.156. The van der Waals surface area contributed by atoms with Crippen molar-refractivity contribution in [3.05, 3.63) is 198 Å². The van der Waals surface area contributed by atoms with Crippen molar-refractivity contribution in [3.63, 3.8) is 0 Å². The van der Waals surface area contributed by atoms with Gasteiger partial charge in [-0.25, -0.2) is 0 Å². The Bertz CT molecular complexity index is 3880. The van der Waals surface area contributed by atoms with Crippen LogP contribution in [-0.4, -0.2) is 0 Å². The summed E-state index contributed by atoms with van der Waals surface area (Å²) in [6, 6.07) is 63.6. The second-order valence-corrected chi connectivity index (χ2v) is 18.8. The van der Waals surface area contributed by atoms with E-state index in [0.717, 1.165) is 94.0 Å². The van der Waals surface area contributed by atoms with Gasteiger partial charge in [0.2, 0.25) is 0 Å². The fraction of sp³-hybridized carbons (Fsp3) is 0.100. The number of nitrogens with zero attached hydrogens (tertiary/aromatic N) is 1. The van der Waals surface area contributed by atoms with E-state index in [1.807, 2.05) is 24.3 Å². The summed E-state index contributed by atoms with van der Waals surface area (Å²) in [6.07, 6.45) is 0. The standard InChI is InChI=1S/C60H41NO3/c1-59(2)47-20-9-5-14-37(47)39-27-24-35(31-49(39)59)61(36-25-28-40-38-15-6-10-21-48(38)60(3,4)50(40)32-36)34-26-29-53-45(30-34)46-33-54-55(43-17-8-12-23-52(43)62-54)56(58(46)64-53)44-19-13-18-42-41-16-7-11-22-51(41)63-57(42)44/h5-33H,1-4H3. The molecule has 304 valence electrons. The maximum atomic E-state index is 7.08. The number of para-hydroxylation sites is 3. The van der Waals surface area contributed by atoms with E-state index < -0.39 is 0 Å². The third kappa shape index (κ3) is 4.67. The van der Waals surface area contributed by atoms with E-state index in [1.54, 1.807) is 0 Å². The first-order valence-corrected chi connectivity index (χ1v) is 22.2. The van der Waals surface area contributed by atoms with E-state index in [-0.39, 0.29) is 10.8 Å². The summed E-state index contributed by atoms with van der Waals surface area (Å²) in [5, 5.41) is 6.22. The van der Waals surface area contributed by atoms with Crippen LogP contribution in [0.1, 0.15) is 49.9 Å². The number of fused-ring (bicyclic) bond motifs is 15. The lowest BCUT2D eigenvalue weighted by Gasteiger charge is -2.29. The molecule has 0 atom stereocenters. The predicted molar refractivity (Wildman–Crippen MR) is 264 cm³/mol. The molecule has 3 heterocycles. The van der Waals surface area contributed by atoms with E-state index in [9.17, 15) is 0 Å². The summed E-state index contributed by atoms with van der Waals surface area (Å²) in [4.78, 5) is 2.44. The minimum Gasteiger partial charge on any atom is -0.456 e. The SMILES string of the molecule is CC1(C)c2ccccc2-c2ccc(N(c3ccc4c(c3)C(C)(C)c3ccccc3-4)c3ccc4oc5c(-c6cccc7c6oc6ccccc67)c6c(cc5c4c3)oc3ccccc36)cc21. The van der Waals surface area contributed by atoms with Crippen LogP contribution < -0.4 is 4.90 Å². The summed E-state index contributed by atoms with van der Waals surface area (Å²) >= 11 is 0. The van der Waals surface area contributed by atoms with Crippen LogP contribution in [0.3, 0.4) is 0 Å². The molecule has 0 saturated carbocycles. The van der Waals surface area contributed by atoms with Crippen LogP contribution >= 0.6 is 0 Å². The Hall–Kier alpha value is -7.82. The minimum absolute atomic E-state index is 0.156. The lowest BCUT2D eigenvalue weighted by molar-refractivity contribution is 0.660. The van der Waals surface area contributed by atoms with Gasteiger partial charge in [0.1, 0.15) is 33.5 Å². The molecule has 2 aliphatic carbocycles. The summed E-state index contributed by atoms with van der Waals surface area (Å²) in [6.45, 7) is 9.42. The molecule has 14 rings (SSSR count). The first-order valence-electron chi connectivity index (χ1n) is 22.2. The normalized spacial score (nSPS) is 14.5. The highest BCUT2D eigenvalue weighted by Crippen LogP contribution is 2.54. The van der Waals surface area contributed by atoms with Gasteiger partial charge in [-0.3, -0.25) is 0 Å². The summed E-state index contributed by atoms with van der Waals surface area (Å²) in [7, 11) is 0. The number of rotatable bonds is 4. The highest BCUT2D eigenvalue weighted by molar-refractivity contribution is 6.26. The molecule has 4 nitrogen and oxygen atoms in total. The van der Waals surface area contributed by atoms with Gasteiger partial charge >= 0.3 is 0 Å². The van der Waals surface area contributed by atoms with E-state index in [2.05, 4.69) is 184 Å². The second-order valence-electron chi connectivity index (χ2n) is 18.8. The van der Waals surface area contributed by atoms with E-state index in [4.69, 9.17) is 13.3 Å². The Morgan fingerprint density at radius 2 is 0.828 bits per heavy atom. The quantitative estimate of drug-likeness (QED) is 0.177. The molecule has 2 aliphatic rings. The predicted octanol–water partition coefficient (Wildman–Crippen LogP) is 17.1. The van der Waals surface area contributed by atoms with Crippen LogP contribution in [0.4, 0.5) is 17.1 Å². The molecule has 0 amide bonds. The zero-order valence-electron chi connectivity index (χ0n) is 35.9. The molecule has 4 heteroatoms. The molecular formula is C60H41NO3. The van der Waals surface area contributed by atoms with Crippen molar-refractivity contribution in [1.82, 2.24) is 0 Å². The summed E-state index contributed by atoms with van der Waals surface area (Å²) < 4.78 is 20.5. The van der Waals surface area contributed by atoms with Crippen molar-refractivity contribution in [2.24, 2.45) is 0 Å². The zero-order chi connectivity index (χ0) is 42.6. The van der Waals surface area contributed by atoms with Crippen molar-refractivity contribution in [1.29, 1.82) is 0 Å². The van der Waals surface area contributed by atoms with Gasteiger partial charge in [0.15, 0.2) is 0 Å². The molecule has 64 heavy (non-hydrogen) atoms. The average Bonchev–Trinajstić information content (AvgIpc) is 4.10. The van der Waals surface area contributed by atoms with Gasteiger partial charge in [-0.15, -0.1) is 0 Å². The van der Waals surface area contributed by atoms with Gasteiger partial charge in [0.05, 0.1) is 0 Å². The van der Waals surface area contributed by atoms with Gasteiger partial charge in [0, 0.05) is 71.3 Å². The molecule has 0 radical (unpaired) electrons. The highest BCUT2D eigenvalue weighted by atomic mass is 16.3. The van der Waals surface area contributed by atoms with Crippen LogP contribution in [-0.2, 0) is 10.8 Å². The largest absolute Gasteiger partial charge is 0.456 e. The first kappa shape index (κ1) is 35.7. The molecule has 0 saturated heterocycles. The third-order valence-electron chi connectivity index (χ3n) is 14.7. The Balaban J connectivity index is 1.03. The van der Waals surface area contributed by atoms with Crippen LogP contribution in [0.2, 0.25) is 0 Å². The Labute approximate surface area is 369 Å². The number of anilines is 3. The van der Waals surface area contributed by atoms with Crippen molar-refractivity contribution in [2.45, 2.75) is 38.5 Å². The molecule has 0 N–H and O–H groups in total. The van der Waals surface area contributed by atoms with Crippen LogP contribution in [0.25, 0.3) is 99.2 Å². The van der Waals surface area contributed by atoms with Gasteiger partial charge < -0.3 is 18.2 Å². The third-order valence-corrected chi connectivity index (χ3v) is 14.7. The maximum absolute atomic E-state index is 7.08.